The van der Waals surface area contributed by atoms with Gasteiger partial charge in [0.25, 0.3) is 5.91 Å². The van der Waals surface area contributed by atoms with Crippen molar-refractivity contribution in [1.29, 1.82) is 0 Å². The maximum atomic E-state index is 11.7. The van der Waals surface area contributed by atoms with Crippen molar-refractivity contribution < 1.29 is 4.79 Å². The highest BCUT2D eigenvalue weighted by Crippen LogP contribution is 2.01. The van der Waals surface area contributed by atoms with E-state index in [9.17, 15) is 4.79 Å². The predicted molar refractivity (Wildman–Crippen MR) is 61.9 cm³/mol. The van der Waals surface area contributed by atoms with Crippen LogP contribution in [0.5, 0.6) is 0 Å². The van der Waals surface area contributed by atoms with E-state index in [1.54, 1.807) is 30.5 Å². The Morgan fingerprint density at radius 1 is 1.35 bits per heavy atom. The number of rotatable bonds is 3. The Morgan fingerprint density at radius 3 is 2.88 bits per heavy atom. The van der Waals surface area contributed by atoms with E-state index < -0.39 is 0 Å². The van der Waals surface area contributed by atoms with Gasteiger partial charge >= 0.3 is 0 Å². The smallest absolute Gasteiger partial charge is 0.270 e. The van der Waals surface area contributed by atoms with Crippen molar-refractivity contribution in [2.24, 2.45) is 0 Å². The average molecular weight is 229 g/mol. The molecule has 6 nitrogen and oxygen atoms in total. The molecule has 0 aliphatic heterocycles. The van der Waals surface area contributed by atoms with Crippen LogP contribution in [-0.4, -0.2) is 21.1 Å². The molecule has 0 radical (unpaired) electrons. The van der Waals surface area contributed by atoms with Crippen molar-refractivity contribution in [3.63, 3.8) is 0 Å². The maximum absolute atomic E-state index is 11.7. The Labute approximate surface area is 97.9 Å². The van der Waals surface area contributed by atoms with Crippen LogP contribution in [0.1, 0.15) is 16.2 Å². The third kappa shape index (κ3) is 2.97. The molecular weight excluding hydrogens is 218 g/mol. The second-order valence-electron chi connectivity index (χ2n) is 3.37. The zero-order valence-electron chi connectivity index (χ0n) is 9.00. The number of pyridine rings is 1. The maximum Gasteiger partial charge on any atom is 0.270 e. The van der Waals surface area contributed by atoms with Crippen LogP contribution in [0.15, 0.2) is 36.7 Å². The fourth-order valence-corrected chi connectivity index (χ4v) is 1.23. The molecule has 0 aliphatic carbocycles. The van der Waals surface area contributed by atoms with E-state index in [2.05, 4.69) is 20.5 Å². The number of carbonyl (C=O) groups excluding carboxylic acids is 1. The Hall–Kier alpha value is -2.50. The molecule has 0 aromatic carbocycles. The van der Waals surface area contributed by atoms with Gasteiger partial charge in [0.1, 0.15) is 5.69 Å². The molecule has 1 amide bonds. The lowest BCUT2D eigenvalue weighted by molar-refractivity contribution is 0.0945. The number of nitrogens with two attached hydrogens (primary N) is 1. The van der Waals surface area contributed by atoms with Gasteiger partial charge in [0, 0.05) is 6.20 Å². The summed E-state index contributed by atoms with van der Waals surface area (Å²) in [4.78, 5) is 15.6. The minimum atomic E-state index is -0.268. The van der Waals surface area contributed by atoms with E-state index in [4.69, 9.17) is 5.73 Å². The number of hydrogen-bond acceptors (Lipinski definition) is 5. The normalized spacial score (nSPS) is 9.88. The van der Waals surface area contributed by atoms with Gasteiger partial charge in [-0.2, -0.15) is 10.2 Å². The number of hydrogen-bond donors (Lipinski definition) is 2. The number of nitrogens with zero attached hydrogens (tertiary/aromatic N) is 3. The van der Waals surface area contributed by atoms with Crippen LogP contribution in [0, 0.1) is 0 Å². The molecule has 2 aromatic rings. The van der Waals surface area contributed by atoms with E-state index in [1.807, 2.05) is 0 Å². The van der Waals surface area contributed by atoms with Gasteiger partial charge < -0.3 is 11.1 Å². The Morgan fingerprint density at radius 2 is 2.24 bits per heavy atom. The summed E-state index contributed by atoms with van der Waals surface area (Å²) < 4.78 is 0. The van der Waals surface area contributed by atoms with Crippen LogP contribution in [0.4, 0.5) is 5.69 Å². The molecule has 0 unspecified atom stereocenters. The van der Waals surface area contributed by atoms with Crippen molar-refractivity contribution in [2.75, 3.05) is 5.73 Å². The number of nitrogen functional groups attached to an aromatic ring is 1. The zero-order chi connectivity index (χ0) is 12.1. The quantitative estimate of drug-likeness (QED) is 0.793. The standard InChI is InChI=1S/C11H11N5O/c12-8-3-4-10(13-6-8)11(17)14-7-9-2-1-5-15-16-9/h1-6H,7,12H2,(H,14,17). The van der Waals surface area contributed by atoms with Crippen molar-refractivity contribution in [3.8, 4) is 0 Å². The average Bonchev–Trinajstić information content (AvgIpc) is 2.38. The van der Waals surface area contributed by atoms with Gasteiger partial charge in [-0.3, -0.25) is 4.79 Å². The Kier molecular flexibility index (Phi) is 3.25. The van der Waals surface area contributed by atoms with E-state index in [1.165, 1.54) is 6.20 Å². The van der Waals surface area contributed by atoms with Crippen molar-refractivity contribution >= 4 is 11.6 Å². The minimum absolute atomic E-state index is 0.268. The monoisotopic (exact) mass is 229 g/mol. The SMILES string of the molecule is Nc1ccc(C(=O)NCc2cccnn2)nc1. The van der Waals surface area contributed by atoms with Gasteiger partial charge in [-0.1, -0.05) is 0 Å². The van der Waals surface area contributed by atoms with Gasteiger partial charge in [-0.05, 0) is 24.3 Å². The molecule has 2 rings (SSSR count). The number of aromatic nitrogens is 3. The molecule has 3 N–H and O–H groups in total. The third-order valence-corrected chi connectivity index (χ3v) is 2.08. The van der Waals surface area contributed by atoms with Gasteiger partial charge in [-0.15, -0.1) is 0 Å². The molecule has 0 atom stereocenters. The molecule has 6 heteroatoms. The lowest BCUT2D eigenvalue weighted by Crippen LogP contribution is -2.24. The molecule has 86 valence electrons. The lowest BCUT2D eigenvalue weighted by atomic mass is 10.3. The van der Waals surface area contributed by atoms with Crippen molar-refractivity contribution in [1.82, 2.24) is 20.5 Å². The van der Waals surface area contributed by atoms with Crippen LogP contribution in [0.25, 0.3) is 0 Å². The molecule has 0 aliphatic rings. The first kappa shape index (κ1) is 11.0. The number of carbonyl (C=O) groups is 1. The van der Waals surface area contributed by atoms with Gasteiger partial charge in [-0.25, -0.2) is 4.98 Å². The Balaban J connectivity index is 1.96. The lowest BCUT2D eigenvalue weighted by Gasteiger charge is -2.03. The summed E-state index contributed by atoms with van der Waals surface area (Å²) in [7, 11) is 0. The van der Waals surface area contributed by atoms with Crippen LogP contribution in [-0.2, 0) is 6.54 Å². The van der Waals surface area contributed by atoms with E-state index in [-0.39, 0.29) is 5.91 Å². The summed E-state index contributed by atoms with van der Waals surface area (Å²) in [6.07, 6.45) is 3.02. The molecule has 0 spiro atoms. The van der Waals surface area contributed by atoms with E-state index in [0.29, 0.717) is 23.6 Å². The minimum Gasteiger partial charge on any atom is -0.397 e. The first-order chi connectivity index (χ1) is 8.25. The molecule has 0 fully saturated rings. The number of anilines is 1. The van der Waals surface area contributed by atoms with Gasteiger partial charge in [0.05, 0.1) is 24.1 Å². The van der Waals surface area contributed by atoms with Crippen molar-refractivity contribution in [3.05, 3.63) is 48.0 Å². The molecule has 17 heavy (non-hydrogen) atoms. The highest BCUT2D eigenvalue weighted by atomic mass is 16.1. The van der Waals surface area contributed by atoms with Crippen LogP contribution < -0.4 is 11.1 Å². The summed E-state index contributed by atoms with van der Waals surface area (Å²) in [5.74, 6) is -0.268. The van der Waals surface area contributed by atoms with Crippen LogP contribution >= 0.6 is 0 Å². The highest BCUT2D eigenvalue weighted by molar-refractivity contribution is 5.92. The van der Waals surface area contributed by atoms with E-state index >= 15 is 0 Å². The summed E-state index contributed by atoms with van der Waals surface area (Å²) in [6, 6.07) is 6.74. The summed E-state index contributed by atoms with van der Waals surface area (Å²) in [6.45, 7) is 0.318. The summed E-state index contributed by atoms with van der Waals surface area (Å²) >= 11 is 0. The van der Waals surface area contributed by atoms with Gasteiger partial charge in [0.15, 0.2) is 0 Å². The van der Waals surface area contributed by atoms with Crippen LogP contribution in [0.2, 0.25) is 0 Å². The molecule has 2 heterocycles. The molecule has 0 saturated carbocycles. The zero-order valence-corrected chi connectivity index (χ0v) is 9.00. The Bertz CT molecular complexity index is 497. The van der Waals surface area contributed by atoms with E-state index in [0.717, 1.165) is 0 Å². The van der Waals surface area contributed by atoms with Gasteiger partial charge in [0.2, 0.25) is 0 Å². The number of amides is 1. The second-order valence-corrected chi connectivity index (χ2v) is 3.37. The first-order valence-electron chi connectivity index (χ1n) is 5.02. The largest absolute Gasteiger partial charge is 0.397 e. The van der Waals surface area contributed by atoms with Crippen molar-refractivity contribution in [2.45, 2.75) is 6.54 Å². The molecule has 0 bridgehead atoms. The fraction of sp³-hybridized carbons (Fsp3) is 0.0909. The second kappa shape index (κ2) is 5.02. The first-order valence-corrected chi connectivity index (χ1v) is 5.02. The summed E-state index contributed by atoms with van der Waals surface area (Å²) in [5.41, 5.74) is 7.02. The molecular formula is C11H11N5O. The topological polar surface area (TPSA) is 93.8 Å². The summed E-state index contributed by atoms with van der Waals surface area (Å²) in [5, 5.41) is 10.3. The van der Waals surface area contributed by atoms with Crippen LogP contribution in [0.3, 0.4) is 0 Å². The third-order valence-electron chi connectivity index (χ3n) is 2.08. The number of nitrogens with one attached hydrogen (secondary N) is 1. The fourth-order valence-electron chi connectivity index (χ4n) is 1.23. The predicted octanol–water partition coefficient (Wildman–Crippen LogP) is 0.384. The highest BCUT2D eigenvalue weighted by Gasteiger charge is 2.06. The molecule has 2 aromatic heterocycles. The molecule has 0 saturated heterocycles.